The number of hydrogen-bond acceptors (Lipinski definition) is 7. The first kappa shape index (κ1) is 35.4. The first-order valence-electron chi connectivity index (χ1n) is 17.1. The van der Waals surface area contributed by atoms with Gasteiger partial charge in [0.15, 0.2) is 11.5 Å². The third-order valence-corrected chi connectivity index (χ3v) is 8.85. The van der Waals surface area contributed by atoms with E-state index in [2.05, 4.69) is 31.4 Å². The third-order valence-electron chi connectivity index (χ3n) is 8.85. The number of ether oxygens (including phenoxy) is 2. The van der Waals surface area contributed by atoms with Crippen molar-refractivity contribution in [1.29, 1.82) is 0 Å². The monoisotopic (exact) mass is 692 g/mol. The van der Waals surface area contributed by atoms with Crippen molar-refractivity contribution in [2.24, 2.45) is 0 Å². The Morgan fingerprint density at radius 3 is 2.33 bits per heavy atom. The zero-order valence-corrected chi connectivity index (χ0v) is 30.2. The van der Waals surface area contributed by atoms with Crippen molar-refractivity contribution in [3.8, 4) is 16.9 Å². The largest absolute Gasteiger partial charge is 0.497 e. The number of methoxy groups -OCH3 is 1. The molecule has 6 rings (SSSR count). The average Bonchev–Trinajstić information content (AvgIpc) is 3.70. The number of aromatic nitrogens is 3. The normalized spacial score (nSPS) is 14.8. The Bertz CT molecular complexity index is 2050. The molecule has 11 heteroatoms. The minimum atomic E-state index is -0.592. The topological polar surface area (TPSA) is 111 Å². The standard InChI is InChI=1S/C40H45FN6O4/c1-39(2,3)28-13-10-26(11-14-28)37(48)44-33-17-12-27(22-32(33)41)31-18-20-42-36-34(31)35(45-47(36)23-25-8-15-30(50-7)16-9-25)43-29-19-21-46(24-29)38(49)51-40(4,5)6/h8-18,20,22,29H,19,21,23-24H2,1-7H3,(H,43,45)(H,44,48)/t29-/m1/s1. The van der Waals surface area contributed by atoms with Gasteiger partial charge in [0.1, 0.15) is 17.2 Å². The van der Waals surface area contributed by atoms with Crippen molar-refractivity contribution in [3.63, 3.8) is 0 Å². The lowest BCUT2D eigenvalue weighted by Crippen LogP contribution is -2.36. The van der Waals surface area contributed by atoms with E-state index in [1.54, 1.807) is 42.5 Å². The summed E-state index contributed by atoms with van der Waals surface area (Å²) in [5.74, 6) is 0.370. The summed E-state index contributed by atoms with van der Waals surface area (Å²) in [5, 5.41) is 12.0. The van der Waals surface area contributed by atoms with E-state index in [0.717, 1.165) is 27.8 Å². The summed E-state index contributed by atoms with van der Waals surface area (Å²) < 4.78 is 28.5. The number of nitrogens with one attached hydrogen (secondary N) is 2. The van der Waals surface area contributed by atoms with Gasteiger partial charge in [0.05, 0.1) is 24.7 Å². The van der Waals surface area contributed by atoms with Crippen LogP contribution in [0.5, 0.6) is 5.75 Å². The molecule has 1 saturated heterocycles. The van der Waals surface area contributed by atoms with Crippen molar-refractivity contribution in [2.45, 2.75) is 71.6 Å². The molecule has 2 amide bonds. The fourth-order valence-electron chi connectivity index (χ4n) is 6.12. The summed E-state index contributed by atoms with van der Waals surface area (Å²) in [7, 11) is 1.63. The highest BCUT2D eigenvalue weighted by molar-refractivity contribution is 6.05. The van der Waals surface area contributed by atoms with E-state index in [0.29, 0.717) is 48.6 Å². The van der Waals surface area contributed by atoms with Gasteiger partial charge in [-0.3, -0.25) is 4.79 Å². The molecule has 266 valence electrons. The van der Waals surface area contributed by atoms with Gasteiger partial charge in [-0.15, -0.1) is 0 Å². The molecule has 1 atom stereocenters. The van der Waals surface area contributed by atoms with E-state index < -0.39 is 17.3 Å². The van der Waals surface area contributed by atoms with Gasteiger partial charge in [0.2, 0.25) is 0 Å². The molecule has 0 aliphatic carbocycles. The zero-order valence-electron chi connectivity index (χ0n) is 30.2. The van der Waals surface area contributed by atoms with Crippen LogP contribution in [-0.4, -0.2) is 63.5 Å². The predicted octanol–water partition coefficient (Wildman–Crippen LogP) is 8.27. The van der Waals surface area contributed by atoms with E-state index in [1.807, 2.05) is 67.9 Å². The number of amides is 2. The highest BCUT2D eigenvalue weighted by Crippen LogP contribution is 2.36. The SMILES string of the molecule is COc1ccc(Cn2nc(N[C@@H]3CCN(C(=O)OC(C)(C)C)C3)c3c(-c4ccc(NC(=O)c5ccc(C(C)(C)C)cc5)c(F)c4)ccnc32)cc1. The Hall–Kier alpha value is -5.45. The van der Waals surface area contributed by atoms with Gasteiger partial charge in [-0.1, -0.05) is 51.1 Å². The minimum absolute atomic E-state index is 0.0472. The Morgan fingerprint density at radius 2 is 1.69 bits per heavy atom. The number of anilines is 2. The van der Waals surface area contributed by atoms with Gasteiger partial charge in [-0.2, -0.15) is 5.10 Å². The van der Waals surface area contributed by atoms with Crippen molar-refractivity contribution < 1.29 is 23.5 Å². The fraction of sp³-hybridized carbons (Fsp3) is 0.350. The molecule has 0 bridgehead atoms. The van der Waals surface area contributed by atoms with Crippen LogP contribution in [0.25, 0.3) is 22.2 Å². The Balaban J connectivity index is 1.30. The lowest BCUT2D eigenvalue weighted by molar-refractivity contribution is 0.0293. The molecular formula is C40H45FN6O4. The molecule has 1 aliphatic heterocycles. The number of hydrogen-bond donors (Lipinski definition) is 2. The lowest BCUT2D eigenvalue weighted by atomic mass is 9.87. The second kappa shape index (κ2) is 14.0. The summed E-state index contributed by atoms with van der Waals surface area (Å²) in [6.07, 6.45) is 2.03. The summed E-state index contributed by atoms with van der Waals surface area (Å²) in [6, 6.07) is 21.6. The van der Waals surface area contributed by atoms with Gasteiger partial charge in [0.25, 0.3) is 5.91 Å². The Labute approximate surface area is 298 Å². The van der Waals surface area contributed by atoms with Gasteiger partial charge >= 0.3 is 6.09 Å². The van der Waals surface area contributed by atoms with Crippen LogP contribution in [-0.2, 0) is 16.7 Å². The van der Waals surface area contributed by atoms with E-state index in [4.69, 9.17) is 19.6 Å². The van der Waals surface area contributed by atoms with Crippen LogP contribution in [0.1, 0.15) is 69.4 Å². The quantitative estimate of drug-likeness (QED) is 0.168. The molecule has 1 aliphatic rings. The third kappa shape index (κ3) is 8.14. The Kier molecular flexibility index (Phi) is 9.75. The fourth-order valence-corrected chi connectivity index (χ4v) is 6.12. The highest BCUT2D eigenvalue weighted by Gasteiger charge is 2.31. The molecule has 3 heterocycles. The lowest BCUT2D eigenvalue weighted by Gasteiger charge is -2.24. The summed E-state index contributed by atoms with van der Waals surface area (Å²) in [6.45, 7) is 13.3. The summed E-state index contributed by atoms with van der Waals surface area (Å²) in [4.78, 5) is 32.2. The van der Waals surface area contributed by atoms with Crippen molar-refractivity contribution >= 4 is 34.5 Å². The van der Waals surface area contributed by atoms with Crippen LogP contribution in [0.4, 0.5) is 20.7 Å². The number of fused-ring (bicyclic) bond motifs is 1. The van der Waals surface area contributed by atoms with E-state index in [9.17, 15) is 9.59 Å². The molecular weight excluding hydrogens is 647 g/mol. The number of nitrogens with zero attached hydrogens (tertiary/aromatic N) is 4. The number of likely N-dealkylation sites (tertiary alicyclic amines) is 1. The van der Waals surface area contributed by atoms with Gasteiger partial charge in [-0.05, 0) is 97.3 Å². The average molecular weight is 693 g/mol. The molecule has 10 nitrogen and oxygen atoms in total. The summed E-state index contributed by atoms with van der Waals surface area (Å²) in [5.41, 5.74) is 3.92. The smallest absolute Gasteiger partial charge is 0.410 e. The van der Waals surface area contributed by atoms with E-state index in [-0.39, 0.29) is 23.2 Å². The molecule has 0 saturated carbocycles. The van der Waals surface area contributed by atoms with Crippen LogP contribution in [0.2, 0.25) is 0 Å². The second-order valence-corrected chi connectivity index (χ2v) is 14.9. The molecule has 51 heavy (non-hydrogen) atoms. The number of pyridine rings is 1. The second-order valence-electron chi connectivity index (χ2n) is 14.9. The van der Waals surface area contributed by atoms with Crippen LogP contribution >= 0.6 is 0 Å². The van der Waals surface area contributed by atoms with Crippen LogP contribution in [0.15, 0.2) is 79.0 Å². The number of benzene rings is 3. The molecule has 0 spiro atoms. The zero-order chi connectivity index (χ0) is 36.5. The van der Waals surface area contributed by atoms with Crippen molar-refractivity contribution in [2.75, 3.05) is 30.8 Å². The molecule has 0 unspecified atom stereocenters. The van der Waals surface area contributed by atoms with Crippen LogP contribution in [0.3, 0.4) is 0 Å². The summed E-state index contributed by atoms with van der Waals surface area (Å²) >= 11 is 0. The van der Waals surface area contributed by atoms with Gasteiger partial charge in [-0.25, -0.2) is 18.9 Å². The first-order valence-corrected chi connectivity index (χ1v) is 17.1. The maximum atomic E-state index is 15.7. The number of carbonyl (C=O) groups is 2. The Morgan fingerprint density at radius 1 is 0.961 bits per heavy atom. The van der Waals surface area contributed by atoms with Crippen molar-refractivity contribution in [1.82, 2.24) is 19.7 Å². The van der Waals surface area contributed by atoms with Crippen molar-refractivity contribution in [3.05, 3.63) is 102 Å². The molecule has 1 fully saturated rings. The van der Waals surface area contributed by atoms with Gasteiger partial charge < -0.3 is 25.0 Å². The molecule has 5 aromatic rings. The number of carbonyl (C=O) groups excluding carboxylic acids is 2. The molecule has 3 aromatic carbocycles. The first-order chi connectivity index (χ1) is 24.2. The minimum Gasteiger partial charge on any atom is -0.497 e. The molecule has 0 radical (unpaired) electrons. The number of rotatable bonds is 8. The van der Waals surface area contributed by atoms with E-state index >= 15 is 4.39 Å². The van der Waals surface area contributed by atoms with Crippen LogP contribution in [0, 0.1) is 5.82 Å². The predicted molar refractivity (Wildman–Crippen MR) is 198 cm³/mol. The molecule has 2 N–H and O–H groups in total. The molecule has 2 aromatic heterocycles. The van der Waals surface area contributed by atoms with Crippen LogP contribution < -0.4 is 15.4 Å². The highest BCUT2D eigenvalue weighted by atomic mass is 19.1. The maximum Gasteiger partial charge on any atom is 0.410 e. The van der Waals surface area contributed by atoms with Gasteiger partial charge in [0, 0.05) is 30.9 Å². The van der Waals surface area contributed by atoms with E-state index in [1.165, 1.54) is 6.07 Å². The maximum absolute atomic E-state index is 15.7. The number of halogens is 1.